The monoisotopic (exact) mass is 336 g/mol. The Hall–Kier alpha value is -1.89. The Kier molecular flexibility index (Phi) is 5.76. The van der Waals surface area contributed by atoms with Crippen molar-refractivity contribution >= 4 is 24.1 Å². The van der Waals surface area contributed by atoms with Crippen LogP contribution < -0.4 is 10.6 Å². The van der Waals surface area contributed by atoms with E-state index in [1.165, 1.54) is 0 Å². The molecule has 23 heavy (non-hydrogen) atoms. The molecule has 0 radical (unpaired) electrons. The number of anilines is 1. The second-order valence-electron chi connectivity index (χ2n) is 5.38. The first-order valence-electron chi connectivity index (χ1n) is 7.42. The molecular weight excluding hydrogens is 316 g/mol. The average molecular weight is 337 g/mol. The highest BCUT2D eigenvalue weighted by Crippen LogP contribution is 2.24. The molecule has 1 fully saturated rings. The lowest BCUT2D eigenvalue weighted by atomic mass is 9.91. The Labute approximate surface area is 141 Å². The van der Waals surface area contributed by atoms with Crippen molar-refractivity contribution in [3.05, 3.63) is 42.6 Å². The fourth-order valence-corrected chi connectivity index (χ4v) is 2.70. The number of aromatic nitrogens is 2. The summed E-state index contributed by atoms with van der Waals surface area (Å²) in [5.41, 5.74) is 0.188. The van der Waals surface area contributed by atoms with Crippen LogP contribution in [0, 0.1) is 0 Å². The van der Waals surface area contributed by atoms with E-state index in [1.54, 1.807) is 17.9 Å². The van der Waals surface area contributed by atoms with Gasteiger partial charge in [-0.15, -0.1) is 12.4 Å². The van der Waals surface area contributed by atoms with Crippen molar-refractivity contribution in [2.45, 2.75) is 18.4 Å². The molecule has 3 rings (SSSR count). The Balaban J connectivity index is 0.00000192. The number of rotatable bonds is 4. The highest BCUT2D eigenvalue weighted by Gasteiger charge is 2.39. The van der Waals surface area contributed by atoms with Gasteiger partial charge >= 0.3 is 0 Å². The summed E-state index contributed by atoms with van der Waals surface area (Å²) in [6.45, 7) is 1.55. The molecule has 0 aliphatic carbocycles. The maximum atomic E-state index is 12.6. The van der Waals surface area contributed by atoms with Gasteiger partial charge in [-0.2, -0.15) is 5.10 Å². The van der Waals surface area contributed by atoms with E-state index >= 15 is 0 Å². The van der Waals surface area contributed by atoms with Crippen LogP contribution in [0.5, 0.6) is 0 Å². The number of hydrogen-bond donors (Lipinski definition) is 2. The van der Waals surface area contributed by atoms with Crippen LogP contribution in [0.4, 0.5) is 5.82 Å². The molecular formula is C16H21ClN4O2. The van der Waals surface area contributed by atoms with Crippen LogP contribution in [0.3, 0.4) is 0 Å². The molecule has 1 aliphatic rings. The van der Waals surface area contributed by atoms with Gasteiger partial charge in [0.15, 0.2) is 5.82 Å². The summed E-state index contributed by atoms with van der Waals surface area (Å²) in [5.74, 6) is 0.402. The Morgan fingerprint density at radius 3 is 2.61 bits per heavy atom. The number of benzene rings is 1. The molecule has 6 nitrogen and oxygen atoms in total. The predicted molar refractivity (Wildman–Crippen MR) is 91.3 cm³/mol. The van der Waals surface area contributed by atoms with Crippen molar-refractivity contribution in [3.63, 3.8) is 0 Å². The molecule has 2 N–H and O–H groups in total. The Morgan fingerprint density at radius 1 is 1.26 bits per heavy atom. The van der Waals surface area contributed by atoms with Crippen molar-refractivity contribution < 1.29 is 9.53 Å². The smallest absolute Gasteiger partial charge is 0.257 e. The summed E-state index contributed by atoms with van der Waals surface area (Å²) in [6.07, 6.45) is 3.15. The van der Waals surface area contributed by atoms with Crippen LogP contribution in [0.15, 0.2) is 42.6 Å². The second kappa shape index (κ2) is 7.59. The largest absolute Gasteiger partial charge is 0.368 e. The molecule has 0 bridgehead atoms. The molecule has 1 saturated heterocycles. The SMILES string of the molecule is COC1(C(=O)Nc2ccn(-c3ccccc3)n2)CCNCC1.Cl. The minimum Gasteiger partial charge on any atom is -0.368 e. The molecule has 1 aromatic heterocycles. The molecule has 1 amide bonds. The Bertz CT molecular complexity index is 639. The van der Waals surface area contributed by atoms with E-state index in [-0.39, 0.29) is 18.3 Å². The number of para-hydroxylation sites is 1. The lowest BCUT2D eigenvalue weighted by Gasteiger charge is -2.34. The number of carbonyl (C=O) groups is 1. The molecule has 0 unspecified atom stereocenters. The second-order valence-corrected chi connectivity index (χ2v) is 5.38. The van der Waals surface area contributed by atoms with Gasteiger partial charge in [0, 0.05) is 19.4 Å². The van der Waals surface area contributed by atoms with Crippen LogP contribution in [0.25, 0.3) is 5.69 Å². The molecule has 0 saturated carbocycles. The van der Waals surface area contributed by atoms with Gasteiger partial charge in [0.1, 0.15) is 5.60 Å². The molecule has 0 atom stereocenters. The number of halogens is 1. The number of methoxy groups -OCH3 is 1. The van der Waals surface area contributed by atoms with Gasteiger partial charge in [0.2, 0.25) is 0 Å². The number of amides is 1. The molecule has 1 aliphatic heterocycles. The molecule has 124 valence electrons. The molecule has 2 heterocycles. The predicted octanol–water partition coefficient (Wildman–Crippen LogP) is 2.00. The van der Waals surface area contributed by atoms with Crippen LogP contribution >= 0.6 is 12.4 Å². The van der Waals surface area contributed by atoms with Crippen LogP contribution in [0.1, 0.15) is 12.8 Å². The summed E-state index contributed by atoms with van der Waals surface area (Å²) < 4.78 is 7.25. The van der Waals surface area contributed by atoms with Crippen LogP contribution in [-0.4, -0.2) is 41.5 Å². The van der Waals surface area contributed by atoms with Crippen LogP contribution in [0.2, 0.25) is 0 Å². The number of hydrogen-bond acceptors (Lipinski definition) is 4. The zero-order valence-corrected chi connectivity index (χ0v) is 13.8. The van der Waals surface area contributed by atoms with E-state index in [0.29, 0.717) is 18.7 Å². The van der Waals surface area contributed by atoms with Crippen molar-refractivity contribution in [3.8, 4) is 5.69 Å². The number of carbonyl (C=O) groups excluding carboxylic acids is 1. The third kappa shape index (κ3) is 3.72. The van der Waals surface area contributed by atoms with Crippen molar-refractivity contribution in [1.82, 2.24) is 15.1 Å². The van der Waals surface area contributed by atoms with Crippen molar-refractivity contribution in [2.75, 3.05) is 25.5 Å². The van der Waals surface area contributed by atoms with E-state index in [1.807, 2.05) is 36.5 Å². The average Bonchev–Trinajstić information content (AvgIpc) is 3.05. The summed E-state index contributed by atoms with van der Waals surface area (Å²) in [6, 6.07) is 11.6. The zero-order valence-electron chi connectivity index (χ0n) is 13.0. The first-order chi connectivity index (χ1) is 10.7. The van der Waals surface area contributed by atoms with E-state index in [2.05, 4.69) is 15.7 Å². The molecule has 2 aromatic rings. The molecule has 7 heteroatoms. The minimum atomic E-state index is -0.762. The number of nitrogens with one attached hydrogen (secondary N) is 2. The topological polar surface area (TPSA) is 68.2 Å². The third-order valence-corrected chi connectivity index (χ3v) is 4.07. The number of piperidine rings is 1. The zero-order chi connectivity index (χ0) is 15.4. The highest BCUT2D eigenvalue weighted by atomic mass is 35.5. The van der Waals surface area contributed by atoms with Crippen molar-refractivity contribution in [2.24, 2.45) is 0 Å². The summed E-state index contributed by atoms with van der Waals surface area (Å²) >= 11 is 0. The lowest BCUT2D eigenvalue weighted by Crippen LogP contribution is -2.51. The maximum absolute atomic E-state index is 12.6. The maximum Gasteiger partial charge on any atom is 0.257 e. The van der Waals surface area contributed by atoms with Gasteiger partial charge in [0.05, 0.1) is 5.69 Å². The van der Waals surface area contributed by atoms with Gasteiger partial charge in [-0.1, -0.05) is 18.2 Å². The fraction of sp³-hybridized carbons (Fsp3) is 0.375. The van der Waals surface area contributed by atoms with E-state index < -0.39 is 5.60 Å². The van der Waals surface area contributed by atoms with E-state index in [4.69, 9.17) is 4.74 Å². The highest BCUT2D eigenvalue weighted by molar-refractivity contribution is 5.96. The van der Waals surface area contributed by atoms with Gasteiger partial charge in [0.25, 0.3) is 5.91 Å². The summed E-state index contributed by atoms with van der Waals surface area (Å²) in [4.78, 5) is 12.6. The van der Waals surface area contributed by atoms with E-state index in [0.717, 1.165) is 18.8 Å². The summed E-state index contributed by atoms with van der Waals surface area (Å²) in [7, 11) is 1.59. The fourth-order valence-electron chi connectivity index (χ4n) is 2.70. The summed E-state index contributed by atoms with van der Waals surface area (Å²) in [5, 5.41) is 10.5. The molecule has 1 aromatic carbocycles. The van der Waals surface area contributed by atoms with Gasteiger partial charge in [-0.25, -0.2) is 4.68 Å². The van der Waals surface area contributed by atoms with E-state index in [9.17, 15) is 4.79 Å². The van der Waals surface area contributed by atoms with Gasteiger partial charge in [-0.05, 0) is 38.1 Å². The number of ether oxygens (including phenoxy) is 1. The number of nitrogens with zero attached hydrogens (tertiary/aromatic N) is 2. The molecule has 0 spiro atoms. The third-order valence-electron chi connectivity index (χ3n) is 4.07. The van der Waals surface area contributed by atoms with Gasteiger partial charge < -0.3 is 15.4 Å². The quantitative estimate of drug-likeness (QED) is 0.896. The first-order valence-corrected chi connectivity index (χ1v) is 7.42. The first kappa shape index (κ1) is 17.5. The Morgan fingerprint density at radius 2 is 1.96 bits per heavy atom. The lowest BCUT2D eigenvalue weighted by molar-refractivity contribution is -0.140. The van der Waals surface area contributed by atoms with Crippen LogP contribution in [-0.2, 0) is 9.53 Å². The minimum absolute atomic E-state index is 0. The van der Waals surface area contributed by atoms with Gasteiger partial charge in [-0.3, -0.25) is 4.79 Å². The van der Waals surface area contributed by atoms with Crippen molar-refractivity contribution in [1.29, 1.82) is 0 Å². The normalized spacial score (nSPS) is 16.4. The standard InChI is InChI=1S/C16H20N4O2.ClH/c1-22-16(8-10-17-11-9-16)15(21)18-14-7-12-20(19-14)13-5-3-2-4-6-13;/h2-7,12,17H,8-11H2,1H3,(H,18,19,21);1H.